The van der Waals surface area contributed by atoms with E-state index in [1.54, 1.807) is 0 Å². The summed E-state index contributed by atoms with van der Waals surface area (Å²) in [5.41, 5.74) is 6.32. The molecule has 1 rings (SSSR count). The molecule has 0 bridgehead atoms. The van der Waals surface area contributed by atoms with E-state index >= 15 is 0 Å². The number of anilines is 1. The van der Waals surface area contributed by atoms with Crippen LogP contribution in [0.2, 0.25) is 5.15 Å². The maximum absolute atomic E-state index is 12.0. The number of pyridine rings is 1. The summed E-state index contributed by atoms with van der Waals surface area (Å²) in [6.45, 7) is 2.86. The van der Waals surface area contributed by atoms with Gasteiger partial charge in [-0.15, -0.1) is 0 Å². The Morgan fingerprint density at radius 2 is 2.28 bits per heavy atom. The van der Waals surface area contributed by atoms with Gasteiger partial charge in [-0.25, -0.2) is 4.98 Å². The highest BCUT2D eigenvalue weighted by Crippen LogP contribution is 2.15. The molecule has 5 nitrogen and oxygen atoms in total. The van der Waals surface area contributed by atoms with E-state index in [9.17, 15) is 4.79 Å². The number of rotatable bonds is 5. The molecule has 0 aliphatic rings. The Morgan fingerprint density at radius 1 is 1.61 bits per heavy atom. The van der Waals surface area contributed by atoms with Gasteiger partial charge in [-0.3, -0.25) is 4.79 Å². The van der Waals surface area contributed by atoms with Gasteiger partial charge < -0.3 is 16.0 Å². The lowest BCUT2D eigenvalue weighted by Gasteiger charge is -2.17. The monoisotopic (exact) mass is 270 g/mol. The van der Waals surface area contributed by atoms with Crippen molar-refractivity contribution in [2.24, 2.45) is 0 Å². The van der Waals surface area contributed by atoms with E-state index in [1.165, 1.54) is 12.3 Å². The number of carbonyl (C=O) groups is 1. The summed E-state index contributed by atoms with van der Waals surface area (Å²) in [5, 5.41) is 3.04. The van der Waals surface area contributed by atoms with Crippen molar-refractivity contribution in [1.29, 1.82) is 0 Å². The summed E-state index contributed by atoms with van der Waals surface area (Å²) in [7, 11) is 3.99. The number of nitrogen functional groups attached to an aromatic ring is 1. The van der Waals surface area contributed by atoms with Crippen LogP contribution in [-0.2, 0) is 0 Å². The van der Waals surface area contributed by atoms with Crippen molar-refractivity contribution in [2.45, 2.75) is 19.4 Å². The smallest absolute Gasteiger partial charge is 0.254 e. The zero-order chi connectivity index (χ0) is 13.7. The SMILES string of the molecule is CC(CCN(C)C)NC(=O)c1cc(N)cnc1Cl. The van der Waals surface area contributed by atoms with Gasteiger partial charge in [-0.2, -0.15) is 0 Å². The first-order valence-corrected chi connectivity index (χ1v) is 6.14. The lowest BCUT2D eigenvalue weighted by molar-refractivity contribution is 0.0936. The highest BCUT2D eigenvalue weighted by molar-refractivity contribution is 6.32. The number of hydrogen-bond donors (Lipinski definition) is 2. The van der Waals surface area contributed by atoms with Gasteiger partial charge in [0.05, 0.1) is 17.4 Å². The van der Waals surface area contributed by atoms with E-state index in [1.807, 2.05) is 21.0 Å². The molecule has 1 atom stereocenters. The molecule has 1 amide bonds. The normalized spacial score (nSPS) is 12.5. The van der Waals surface area contributed by atoms with Crippen LogP contribution in [0.5, 0.6) is 0 Å². The minimum atomic E-state index is -0.244. The van der Waals surface area contributed by atoms with E-state index in [-0.39, 0.29) is 17.1 Å². The molecule has 0 aliphatic carbocycles. The summed E-state index contributed by atoms with van der Waals surface area (Å²) >= 11 is 5.87. The van der Waals surface area contributed by atoms with Crippen molar-refractivity contribution in [3.05, 3.63) is 23.0 Å². The van der Waals surface area contributed by atoms with Crippen LogP contribution in [0.25, 0.3) is 0 Å². The van der Waals surface area contributed by atoms with Gasteiger partial charge in [0.25, 0.3) is 5.91 Å². The Labute approximate surface area is 112 Å². The quantitative estimate of drug-likeness (QED) is 0.793. The lowest BCUT2D eigenvalue weighted by Crippen LogP contribution is -2.35. The Hall–Kier alpha value is -1.33. The minimum absolute atomic E-state index is 0.0670. The van der Waals surface area contributed by atoms with Crippen molar-refractivity contribution < 1.29 is 4.79 Å². The molecule has 6 heteroatoms. The van der Waals surface area contributed by atoms with E-state index in [4.69, 9.17) is 17.3 Å². The van der Waals surface area contributed by atoms with Crippen LogP contribution in [0.4, 0.5) is 5.69 Å². The van der Waals surface area contributed by atoms with E-state index in [0.717, 1.165) is 13.0 Å². The van der Waals surface area contributed by atoms with Crippen LogP contribution in [0.1, 0.15) is 23.7 Å². The summed E-state index contributed by atoms with van der Waals surface area (Å²) in [4.78, 5) is 17.9. The molecule has 1 aromatic rings. The van der Waals surface area contributed by atoms with Gasteiger partial charge in [-0.05, 0) is 40.1 Å². The molecule has 0 saturated heterocycles. The Kier molecular flexibility index (Phi) is 5.37. The van der Waals surface area contributed by atoms with Crippen molar-refractivity contribution in [2.75, 3.05) is 26.4 Å². The third-order valence-electron chi connectivity index (χ3n) is 2.49. The average molecular weight is 271 g/mol. The van der Waals surface area contributed by atoms with E-state index in [0.29, 0.717) is 11.3 Å². The maximum Gasteiger partial charge on any atom is 0.254 e. The van der Waals surface area contributed by atoms with Gasteiger partial charge in [-0.1, -0.05) is 11.6 Å². The van der Waals surface area contributed by atoms with Crippen molar-refractivity contribution in [3.8, 4) is 0 Å². The van der Waals surface area contributed by atoms with Crippen LogP contribution < -0.4 is 11.1 Å². The first-order chi connectivity index (χ1) is 8.40. The van der Waals surface area contributed by atoms with Gasteiger partial charge in [0.1, 0.15) is 5.15 Å². The lowest BCUT2D eigenvalue weighted by atomic mass is 10.2. The number of aromatic nitrogens is 1. The predicted molar refractivity (Wildman–Crippen MR) is 73.8 cm³/mol. The molecule has 0 radical (unpaired) electrons. The number of nitrogens with zero attached hydrogens (tertiary/aromatic N) is 2. The second kappa shape index (κ2) is 6.56. The first kappa shape index (κ1) is 14.7. The Morgan fingerprint density at radius 3 is 2.89 bits per heavy atom. The molecule has 0 saturated carbocycles. The number of carbonyl (C=O) groups excluding carboxylic acids is 1. The van der Waals surface area contributed by atoms with Gasteiger partial charge in [0.2, 0.25) is 0 Å². The van der Waals surface area contributed by atoms with Crippen LogP contribution >= 0.6 is 11.6 Å². The third-order valence-corrected chi connectivity index (χ3v) is 2.79. The van der Waals surface area contributed by atoms with Crippen LogP contribution in [-0.4, -0.2) is 42.5 Å². The van der Waals surface area contributed by atoms with Crippen molar-refractivity contribution in [1.82, 2.24) is 15.2 Å². The van der Waals surface area contributed by atoms with Gasteiger partial charge in [0, 0.05) is 6.04 Å². The standard InChI is InChI=1S/C12H19ClN4O/c1-8(4-5-17(2)3)16-12(18)10-6-9(14)7-15-11(10)13/h6-8H,4-5,14H2,1-3H3,(H,16,18). The molecule has 3 N–H and O–H groups in total. The fourth-order valence-electron chi connectivity index (χ4n) is 1.45. The summed E-state index contributed by atoms with van der Waals surface area (Å²) < 4.78 is 0. The largest absolute Gasteiger partial charge is 0.397 e. The molecule has 0 fully saturated rings. The van der Waals surface area contributed by atoms with E-state index in [2.05, 4.69) is 15.2 Å². The summed E-state index contributed by atoms with van der Waals surface area (Å²) in [6, 6.07) is 1.60. The third kappa shape index (κ3) is 4.50. The number of halogens is 1. The van der Waals surface area contributed by atoms with Gasteiger partial charge in [0.15, 0.2) is 0 Å². The second-order valence-corrected chi connectivity index (χ2v) is 4.93. The minimum Gasteiger partial charge on any atom is -0.397 e. The maximum atomic E-state index is 12.0. The average Bonchev–Trinajstić information content (AvgIpc) is 2.29. The zero-order valence-corrected chi connectivity index (χ0v) is 11.7. The predicted octanol–water partition coefficient (Wildman–Crippen LogP) is 1.39. The first-order valence-electron chi connectivity index (χ1n) is 5.76. The molecule has 1 heterocycles. The molecule has 0 spiro atoms. The summed E-state index contributed by atoms with van der Waals surface area (Å²) in [6.07, 6.45) is 2.29. The molecular formula is C12H19ClN4O. The molecule has 1 aromatic heterocycles. The molecule has 1 unspecified atom stereocenters. The highest BCUT2D eigenvalue weighted by atomic mass is 35.5. The number of nitrogens with one attached hydrogen (secondary N) is 1. The zero-order valence-electron chi connectivity index (χ0n) is 10.9. The fourth-order valence-corrected chi connectivity index (χ4v) is 1.64. The molecular weight excluding hydrogens is 252 g/mol. The molecule has 0 aliphatic heterocycles. The second-order valence-electron chi connectivity index (χ2n) is 4.57. The molecule has 0 aromatic carbocycles. The van der Waals surface area contributed by atoms with Gasteiger partial charge >= 0.3 is 0 Å². The number of hydrogen-bond acceptors (Lipinski definition) is 4. The van der Waals surface area contributed by atoms with Crippen molar-refractivity contribution >= 4 is 23.2 Å². The van der Waals surface area contributed by atoms with E-state index < -0.39 is 0 Å². The van der Waals surface area contributed by atoms with Crippen LogP contribution in [0.15, 0.2) is 12.3 Å². The Balaban J connectivity index is 2.62. The van der Waals surface area contributed by atoms with Crippen molar-refractivity contribution in [3.63, 3.8) is 0 Å². The topological polar surface area (TPSA) is 71.2 Å². The van der Waals surface area contributed by atoms with Crippen LogP contribution in [0.3, 0.4) is 0 Å². The van der Waals surface area contributed by atoms with Crippen LogP contribution in [0, 0.1) is 0 Å². The molecule has 100 valence electrons. The Bertz CT molecular complexity index is 423. The fraction of sp³-hybridized carbons (Fsp3) is 0.500. The number of amides is 1. The number of nitrogens with two attached hydrogens (primary N) is 1. The summed E-state index contributed by atoms with van der Waals surface area (Å²) in [5.74, 6) is -0.244. The highest BCUT2D eigenvalue weighted by Gasteiger charge is 2.14. The molecule has 18 heavy (non-hydrogen) atoms.